The zero-order valence-electron chi connectivity index (χ0n) is 60.7. The van der Waals surface area contributed by atoms with E-state index in [1.807, 2.05) is 69.2 Å². The normalized spacial score (nSPS) is 27.4. The van der Waals surface area contributed by atoms with Crippen LogP contribution in [-0.2, 0) is 57.5 Å². The second-order valence-electron chi connectivity index (χ2n) is 29.5. The summed E-state index contributed by atoms with van der Waals surface area (Å²) < 4.78 is 34.3. The van der Waals surface area contributed by atoms with Gasteiger partial charge in [-0.05, 0) is 106 Å². The summed E-state index contributed by atoms with van der Waals surface area (Å²) >= 11 is 0. The van der Waals surface area contributed by atoms with E-state index in [0.29, 0.717) is 0 Å². The number of cyclic esters (lactones) is 1. The fourth-order valence-electron chi connectivity index (χ4n) is 12.0. The minimum Gasteiger partial charge on any atom is -0.450 e. The Morgan fingerprint density at radius 1 is 0.489 bits per heavy atom. The Labute approximate surface area is 558 Å². The molecule has 2 saturated heterocycles. The number of nitrogens with zero attached hydrogens (tertiary/aromatic N) is 7. The number of nitrogens with one attached hydrogen (secondary N) is 4. The average molecular weight is 1340 g/mol. The van der Waals surface area contributed by atoms with Crippen molar-refractivity contribution in [3.05, 3.63) is 0 Å². The number of piperidine rings is 1. The molecule has 25 nitrogen and oxygen atoms in total. The van der Waals surface area contributed by atoms with Gasteiger partial charge in [-0.1, -0.05) is 104 Å². The van der Waals surface area contributed by atoms with Crippen molar-refractivity contribution in [2.75, 3.05) is 68.5 Å². The molecule has 2 heterocycles. The number of likely N-dealkylation sites (tertiary alicyclic amines) is 1. The van der Waals surface area contributed by atoms with Crippen molar-refractivity contribution in [2.24, 2.45) is 47.3 Å². The number of halogens is 2. The van der Waals surface area contributed by atoms with E-state index in [9.17, 15) is 57.4 Å². The summed E-state index contributed by atoms with van der Waals surface area (Å²) in [6.07, 6.45) is -5.08. The molecule has 6 N–H and O–H groups in total. The van der Waals surface area contributed by atoms with Crippen molar-refractivity contribution < 1.29 is 76.5 Å². The number of carbonyl (C=O) groups is 11. The summed E-state index contributed by atoms with van der Waals surface area (Å²) in [5.74, 6) is -15.1. The van der Waals surface area contributed by atoms with Crippen molar-refractivity contribution in [3.63, 3.8) is 0 Å². The first kappa shape index (κ1) is 84.0. The molecule has 0 aromatic rings. The summed E-state index contributed by atoms with van der Waals surface area (Å²) in [7, 11) is 7.96. The number of carbonyl (C=O) groups excluding carboxylic acids is 11. The number of aliphatic hydroxyl groups is 2. The van der Waals surface area contributed by atoms with Gasteiger partial charge in [0.2, 0.25) is 53.2 Å². The maximum Gasteiger partial charge on any atom is 0.329 e. The maximum absolute atomic E-state index is 15.3. The molecular weight excluding hydrogens is 1220 g/mol. The van der Waals surface area contributed by atoms with Crippen molar-refractivity contribution in [1.82, 2.24) is 55.6 Å². The molecule has 0 bridgehead atoms. The lowest BCUT2D eigenvalue weighted by molar-refractivity contribution is -0.166. The third-order valence-corrected chi connectivity index (χ3v) is 17.8. The lowest BCUT2D eigenvalue weighted by Gasteiger charge is -2.40. The highest BCUT2D eigenvalue weighted by molar-refractivity contribution is 5.99. The highest BCUT2D eigenvalue weighted by Crippen LogP contribution is 2.30. The standard InChI is InChI=1S/C67H119F2N11O14/c1-36(2)30-46-61(88)76(20)49(33-39(7)8)57(84)70-44(16)66(93)94-56(42(13)14)65(92)77(21)50(34-40(9)10)59(86)72-47(31-37(3)4)62(89)78(22)53(41(11)12)64(91)79(23)54(55(83)43(15)24-27-80-28-25-67(68,69)26-29-80)60(87)73-52(45(17)81)63(90)74(18)35-51(82)75(19)48(32-38(5)6)58(85)71-46/h36-50,52-56,81,83H,24-35H2,1-23H3,(H,70,84)(H,71,85)(H,72,86)(H,73,87)/t43-,44+,45-,46+,47-,48+,49+,50+,52+,53+,54+,55-,56-/m1/s1. The van der Waals surface area contributed by atoms with E-state index in [-0.39, 0.29) is 101 Å². The number of ether oxygens (including phenoxy) is 1. The van der Waals surface area contributed by atoms with Crippen LogP contribution < -0.4 is 21.3 Å². The lowest BCUT2D eigenvalue weighted by Crippen LogP contribution is -2.64. The van der Waals surface area contributed by atoms with E-state index in [4.69, 9.17) is 4.74 Å². The van der Waals surface area contributed by atoms with Crippen molar-refractivity contribution >= 4 is 65.0 Å². The quantitative estimate of drug-likeness (QED) is 0.107. The third kappa shape index (κ3) is 24.5. The van der Waals surface area contributed by atoms with Gasteiger partial charge in [0.25, 0.3) is 11.8 Å². The monoisotopic (exact) mass is 1340 g/mol. The van der Waals surface area contributed by atoms with Crippen LogP contribution in [-0.4, -0.2) is 257 Å². The first-order chi connectivity index (χ1) is 43.3. The molecule has 27 heteroatoms. The van der Waals surface area contributed by atoms with Gasteiger partial charge in [0, 0.05) is 68.2 Å². The largest absolute Gasteiger partial charge is 0.450 e. The molecule has 0 aliphatic carbocycles. The second kappa shape index (κ2) is 37.4. The fraction of sp³-hybridized carbons (Fsp3) is 0.836. The Morgan fingerprint density at radius 2 is 0.894 bits per heavy atom. The van der Waals surface area contributed by atoms with Gasteiger partial charge in [-0.3, -0.25) is 47.9 Å². The zero-order chi connectivity index (χ0) is 72.5. The molecular formula is C67H119F2N11O14. The smallest absolute Gasteiger partial charge is 0.329 e. The molecule has 2 aliphatic rings. The Hall–Kier alpha value is -6.09. The SMILES string of the molecule is CC(C)C[C@@H]1NC(=O)[C@H](CC(C)C)N(C)C(=O)CN(C)C(=O)[C@H]([C@@H](C)O)NC(=O)[C@H]([C@H](O)[C@H](C)CCN2CCC(F)(F)CC2)N(C)C(=O)[C@H](C(C)C)N(C)C(=O)[C@@H](CC(C)C)NC(=O)[C@H](CC(C)C)N(C)C(=O)[C@@H](C(C)C)OC(=O)[C@H](C)NC(=O)[C@H](CC(C)C)N(C)C1=O. The van der Waals surface area contributed by atoms with E-state index in [0.717, 1.165) is 24.5 Å². The molecule has 2 fully saturated rings. The van der Waals surface area contributed by atoms with Gasteiger partial charge in [0.1, 0.15) is 54.4 Å². The van der Waals surface area contributed by atoms with Gasteiger partial charge < -0.3 is 70.5 Å². The average Bonchev–Trinajstić information content (AvgIpc) is 0.811. The number of aliphatic hydroxyl groups excluding tert-OH is 2. The van der Waals surface area contributed by atoms with Crippen molar-refractivity contribution in [2.45, 2.75) is 248 Å². The highest BCUT2D eigenvalue weighted by Gasteiger charge is 2.46. The Kier molecular flexibility index (Phi) is 33.4. The second-order valence-corrected chi connectivity index (χ2v) is 29.5. The molecule has 10 amide bonds. The first-order valence-electron chi connectivity index (χ1n) is 33.7. The Balaban J connectivity index is 3.03. The van der Waals surface area contributed by atoms with Crippen molar-refractivity contribution in [3.8, 4) is 0 Å². The van der Waals surface area contributed by atoms with E-state index in [1.54, 1.807) is 39.5 Å². The van der Waals surface area contributed by atoms with E-state index in [1.165, 1.54) is 61.0 Å². The van der Waals surface area contributed by atoms with Crippen LogP contribution >= 0.6 is 0 Å². The van der Waals surface area contributed by atoms with E-state index >= 15 is 14.4 Å². The van der Waals surface area contributed by atoms with Crippen molar-refractivity contribution in [1.29, 1.82) is 0 Å². The van der Waals surface area contributed by atoms with Crippen LogP contribution in [0.4, 0.5) is 8.78 Å². The number of hydrogen-bond donors (Lipinski definition) is 6. The molecule has 540 valence electrons. The van der Waals surface area contributed by atoms with Crippen LogP contribution in [0.5, 0.6) is 0 Å². The van der Waals surface area contributed by atoms with Gasteiger partial charge >= 0.3 is 5.97 Å². The molecule has 0 aromatic carbocycles. The van der Waals surface area contributed by atoms with E-state index < -0.39 is 168 Å². The molecule has 2 rings (SSSR count). The lowest BCUT2D eigenvalue weighted by atomic mass is 9.91. The fourth-order valence-corrected chi connectivity index (χ4v) is 12.0. The minimum atomic E-state index is -2.83. The van der Waals surface area contributed by atoms with Gasteiger partial charge in [0.05, 0.1) is 18.8 Å². The summed E-state index contributed by atoms with van der Waals surface area (Å²) in [4.78, 5) is 170. The van der Waals surface area contributed by atoms with E-state index in [2.05, 4.69) is 21.3 Å². The number of hydrogen-bond acceptors (Lipinski definition) is 15. The summed E-state index contributed by atoms with van der Waals surface area (Å²) in [5.41, 5.74) is 0. The topological polar surface area (TPSA) is 308 Å². The summed E-state index contributed by atoms with van der Waals surface area (Å²) in [6.45, 7) is 28.7. The number of alkyl halides is 2. The van der Waals surface area contributed by atoms with Crippen LogP contribution in [0.2, 0.25) is 0 Å². The first-order valence-corrected chi connectivity index (χ1v) is 33.7. The molecule has 0 aromatic heterocycles. The Bertz CT molecular complexity index is 2560. The number of amides is 10. The van der Waals surface area contributed by atoms with Gasteiger partial charge in [0.15, 0.2) is 6.10 Å². The van der Waals surface area contributed by atoms with Gasteiger partial charge in [-0.15, -0.1) is 0 Å². The van der Waals surface area contributed by atoms with Crippen LogP contribution in [0.25, 0.3) is 0 Å². The van der Waals surface area contributed by atoms with Crippen LogP contribution in [0.3, 0.4) is 0 Å². The predicted octanol–water partition coefficient (Wildman–Crippen LogP) is 3.51. The predicted molar refractivity (Wildman–Crippen MR) is 353 cm³/mol. The van der Waals surface area contributed by atoms with Crippen LogP contribution in [0.1, 0.15) is 169 Å². The summed E-state index contributed by atoms with van der Waals surface area (Å²) in [6, 6.07) is -12.7. The minimum absolute atomic E-state index is 0.0424. The van der Waals surface area contributed by atoms with Gasteiger partial charge in [-0.25, -0.2) is 13.6 Å². The molecule has 94 heavy (non-hydrogen) atoms. The Morgan fingerprint density at radius 3 is 1.31 bits per heavy atom. The molecule has 0 saturated carbocycles. The van der Waals surface area contributed by atoms with Crippen LogP contribution in [0, 0.1) is 47.3 Å². The molecule has 0 spiro atoms. The molecule has 0 radical (unpaired) electrons. The maximum atomic E-state index is 15.3. The van der Waals surface area contributed by atoms with Gasteiger partial charge in [-0.2, -0.15) is 0 Å². The molecule has 0 unspecified atom stereocenters. The molecule has 2 aliphatic heterocycles. The number of likely N-dealkylation sites (N-methyl/N-ethyl adjacent to an activating group) is 6. The number of rotatable bonds is 18. The molecule has 13 atom stereocenters. The highest BCUT2D eigenvalue weighted by atomic mass is 19.3. The zero-order valence-corrected chi connectivity index (χ0v) is 60.7. The number of esters is 1. The van der Waals surface area contributed by atoms with Crippen LogP contribution in [0.15, 0.2) is 0 Å². The third-order valence-electron chi connectivity index (χ3n) is 17.8. The summed E-state index contributed by atoms with van der Waals surface area (Å²) in [5, 5.41) is 34.6.